The summed E-state index contributed by atoms with van der Waals surface area (Å²) in [7, 11) is 1.99. The zero-order chi connectivity index (χ0) is 14.8. The molecule has 0 spiro atoms. The Morgan fingerprint density at radius 1 is 1.52 bits per heavy atom. The minimum absolute atomic E-state index is 0.0178. The Hall–Kier alpha value is -2.08. The lowest BCUT2D eigenvalue weighted by Crippen LogP contribution is -2.44. The normalized spacial score (nSPS) is 19.0. The lowest BCUT2D eigenvalue weighted by molar-refractivity contribution is -0.00463. The number of carbonyl (C=O) groups is 1. The molecule has 0 aliphatic carbocycles. The van der Waals surface area contributed by atoms with Gasteiger partial charge in [0.1, 0.15) is 0 Å². The molecule has 6 heteroatoms. The van der Waals surface area contributed by atoms with Crippen molar-refractivity contribution in [1.82, 2.24) is 19.2 Å². The Morgan fingerprint density at radius 2 is 2.38 bits per heavy atom. The fraction of sp³-hybridized carbons (Fsp3) is 0.467. The lowest BCUT2D eigenvalue weighted by Gasteiger charge is -2.35. The minimum Gasteiger partial charge on any atom is -0.377 e. The summed E-state index contributed by atoms with van der Waals surface area (Å²) in [4.78, 5) is 14.6. The Bertz CT molecular complexity index is 631. The fourth-order valence-corrected chi connectivity index (χ4v) is 2.73. The van der Waals surface area contributed by atoms with Crippen molar-refractivity contribution >= 4 is 5.91 Å². The van der Waals surface area contributed by atoms with Crippen LogP contribution in [-0.4, -0.2) is 44.9 Å². The molecule has 1 fully saturated rings. The van der Waals surface area contributed by atoms with E-state index in [9.17, 15) is 4.79 Å². The van der Waals surface area contributed by atoms with Crippen LogP contribution in [0, 0.1) is 0 Å². The number of aromatic nitrogens is 3. The number of rotatable bonds is 3. The number of ether oxygens (including phenoxy) is 1. The van der Waals surface area contributed by atoms with Crippen LogP contribution < -0.4 is 0 Å². The van der Waals surface area contributed by atoms with Crippen molar-refractivity contribution in [3.63, 3.8) is 0 Å². The van der Waals surface area contributed by atoms with Crippen LogP contribution in [0.2, 0.25) is 0 Å². The number of morpholine rings is 1. The highest BCUT2D eigenvalue weighted by molar-refractivity contribution is 5.94. The standard InChI is InChI=1S/C15H20N4O2/c1-3-18-10-12(9-16-18)15(20)19-7-8-21-11-14(19)13-5-4-6-17(13)2/h4-6,9-10,14H,3,7-8,11H2,1-2H3. The molecular formula is C15H20N4O2. The molecule has 3 heterocycles. The second-order valence-electron chi connectivity index (χ2n) is 5.22. The molecule has 1 saturated heterocycles. The summed E-state index contributed by atoms with van der Waals surface area (Å²) in [5.74, 6) is 0.0178. The molecule has 6 nitrogen and oxygen atoms in total. The first-order valence-electron chi connectivity index (χ1n) is 7.23. The van der Waals surface area contributed by atoms with E-state index in [2.05, 4.69) is 5.10 Å². The Labute approximate surface area is 123 Å². The lowest BCUT2D eigenvalue weighted by atomic mass is 10.1. The van der Waals surface area contributed by atoms with Gasteiger partial charge in [-0.05, 0) is 19.1 Å². The molecule has 0 bridgehead atoms. The summed E-state index contributed by atoms with van der Waals surface area (Å²) in [6.07, 6.45) is 5.44. The monoisotopic (exact) mass is 288 g/mol. The van der Waals surface area contributed by atoms with Crippen molar-refractivity contribution in [3.8, 4) is 0 Å². The number of carbonyl (C=O) groups excluding carboxylic acids is 1. The summed E-state index contributed by atoms with van der Waals surface area (Å²) in [5.41, 5.74) is 1.73. The average molecular weight is 288 g/mol. The summed E-state index contributed by atoms with van der Waals surface area (Å²) < 4.78 is 9.38. The zero-order valence-electron chi connectivity index (χ0n) is 12.4. The van der Waals surface area contributed by atoms with E-state index in [-0.39, 0.29) is 11.9 Å². The highest BCUT2D eigenvalue weighted by Crippen LogP contribution is 2.25. The number of hydrogen-bond acceptors (Lipinski definition) is 3. The van der Waals surface area contributed by atoms with Crippen molar-refractivity contribution in [2.45, 2.75) is 19.5 Å². The smallest absolute Gasteiger partial charge is 0.257 e. The molecule has 3 rings (SSSR count). The Kier molecular flexibility index (Phi) is 3.79. The van der Waals surface area contributed by atoms with Crippen molar-refractivity contribution in [3.05, 3.63) is 42.0 Å². The van der Waals surface area contributed by atoms with E-state index in [0.29, 0.717) is 25.3 Å². The Balaban J connectivity index is 1.87. The number of nitrogens with zero attached hydrogens (tertiary/aromatic N) is 4. The first kappa shape index (κ1) is 13.9. The molecule has 0 aromatic carbocycles. The second kappa shape index (κ2) is 5.73. The molecule has 0 saturated carbocycles. The topological polar surface area (TPSA) is 52.3 Å². The van der Waals surface area contributed by atoms with E-state index in [0.717, 1.165) is 12.2 Å². The van der Waals surface area contributed by atoms with Gasteiger partial charge in [-0.2, -0.15) is 5.10 Å². The van der Waals surface area contributed by atoms with Crippen molar-refractivity contribution in [2.24, 2.45) is 7.05 Å². The van der Waals surface area contributed by atoms with E-state index in [1.54, 1.807) is 17.1 Å². The minimum atomic E-state index is -0.0452. The van der Waals surface area contributed by atoms with Crippen molar-refractivity contribution in [2.75, 3.05) is 19.8 Å². The maximum absolute atomic E-state index is 12.8. The van der Waals surface area contributed by atoms with Crippen LogP contribution in [0.15, 0.2) is 30.7 Å². The van der Waals surface area contributed by atoms with Crippen LogP contribution in [0.1, 0.15) is 29.0 Å². The van der Waals surface area contributed by atoms with Crippen molar-refractivity contribution in [1.29, 1.82) is 0 Å². The van der Waals surface area contributed by atoms with E-state index < -0.39 is 0 Å². The van der Waals surface area contributed by atoms with Crippen LogP contribution in [0.3, 0.4) is 0 Å². The first-order chi connectivity index (χ1) is 10.2. The van der Waals surface area contributed by atoms with Gasteiger partial charge >= 0.3 is 0 Å². The quantitative estimate of drug-likeness (QED) is 0.859. The van der Waals surface area contributed by atoms with Crippen LogP contribution >= 0.6 is 0 Å². The Morgan fingerprint density at radius 3 is 3.05 bits per heavy atom. The van der Waals surface area contributed by atoms with Crippen molar-refractivity contribution < 1.29 is 9.53 Å². The molecule has 1 aliphatic rings. The summed E-state index contributed by atoms with van der Waals surface area (Å²) in [6, 6.07) is 3.98. The molecule has 21 heavy (non-hydrogen) atoms. The molecule has 0 radical (unpaired) electrons. The third-order valence-electron chi connectivity index (χ3n) is 3.92. The van der Waals surface area contributed by atoms with Gasteiger partial charge in [-0.3, -0.25) is 9.48 Å². The molecule has 112 valence electrons. The number of hydrogen-bond donors (Lipinski definition) is 0. The van der Waals surface area contributed by atoms with Gasteiger partial charge in [0.25, 0.3) is 5.91 Å². The first-order valence-corrected chi connectivity index (χ1v) is 7.23. The molecule has 2 aromatic heterocycles. The van der Waals surface area contributed by atoms with Gasteiger partial charge < -0.3 is 14.2 Å². The van der Waals surface area contributed by atoms with E-state index in [4.69, 9.17) is 4.74 Å². The SMILES string of the molecule is CCn1cc(C(=O)N2CCOCC2c2cccn2C)cn1. The average Bonchev–Trinajstić information content (AvgIpc) is 3.15. The molecular weight excluding hydrogens is 268 g/mol. The van der Waals surface area contributed by atoms with Gasteiger partial charge in [0.2, 0.25) is 0 Å². The summed E-state index contributed by atoms with van der Waals surface area (Å²) in [6.45, 7) is 4.48. The third-order valence-corrected chi connectivity index (χ3v) is 3.92. The van der Waals surface area contributed by atoms with E-state index in [1.807, 2.05) is 41.8 Å². The maximum atomic E-state index is 12.8. The van der Waals surface area contributed by atoms with Gasteiger partial charge in [0.05, 0.1) is 31.0 Å². The molecule has 2 aromatic rings. The predicted octanol–water partition coefficient (Wildman–Crippen LogP) is 1.46. The third kappa shape index (κ3) is 2.58. The summed E-state index contributed by atoms with van der Waals surface area (Å²) >= 11 is 0. The highest BCUT2D eigenvalue weighted by atomic mass is 16.5. The fourth-order valence-electron chi connectivity index (χ4n) is 2.73. The van der Waals surface area contributed by atoms with Crippen LogP contribution in [-0.2, 0) is 18.3 Å². The van der Waals surface area contributed by atoms with Gasteiger partial charge in [-0.15, -0.1) is 0 Å². The number of amides is 1. The molecule has 1 aliphatic heterocycles. The highest BCUT2D eigenvalue weighted by Gasteiger charge is 2.31. The largest absolute Gasteiger partial charge is 0.377 e. The summed E-state index contributed by atoms with van der Waals surface area (Å²) in [5, 5.41) is 4.19. The van der Waals surface area contributed by atoms with Gasteiger partial charge in [-0.1, -0.05) is 0 Å². The molecule has 1 atom stereocenters. The van der Waals surface area contributed by atoms with Crippen LogP contribution in [0.4, 0.5) is 0 Å². The van der Waals surface area contributed by atoms with E-state index in [1.165, 1.54) is 0 Å². The van der Waals surface area contributed by atoms with Crippen LogP contribution in [0.5, 0.6) is 0 Å². The zero-order valence-corrected chi connectivity index (χ0v) is 12.4. The second-order valence-corrected chi connectivity index (χ2v) is 5.22. The molecule has 1 unspecified atom stereocenters. The molecule has 1 amide bonds. The van der Waals surface area contributed by atoms with Gasteiger partial charge in [0.15, 0.2) is 0 Å². The predicted molar refractivity (Wildman–Crippen MR) is 77.9 cm³/mol. The maximum Gasteiger partial charge on any atom is 0.257 e. The van der Waals surface area contributed by atoms with Gasteiger partial charge in [-0.25, -0.2) is 0 Å². The van der Waals surface area contributed by atoms with E-state index >= 15 is 0 Å². The van der Waals surface area contributed by atoms with Crippen LogP contribution in [0.25, 0.3) is 0 Å². The number of aryl methyl sites for hydroxylation is 2. The van der Waals surface area contributed by atoms with Gasteiger partial charge in [0, 0.05) is 38.2 Å². The molecule has 0 N–H and O–H groups in total.